The second kappa shape index (κ2) is 5.31. The SMILES string of the molecule is C(=Cc1cccs1)c1ccnc(N2CCCC2)n1. The molecule has 2 aromatic rings. The lowest BCUT2D eigenvalue weighted by atomic mass is 10.3. The van der Waals surface area contributed by atoms with Crippen LogP contribution >= 0.6 is 11.3 Å². The van der Waals surface area contributed by atoms with E-state index in [-0.39, 0.29) is 0 Å². The van der Waals surface area contributed by atoms with E-state index in [0.717, 1.165) is 24.7 Å². The molecule has 0 aliphatic carbocycles. The van der Waals surface area contributed by atoms with E-state index in [1.165, 1.54) is 17.7 Å². The summed E-state index contributed by atoms with van der Waals surface area (Å²) in [5.74, 6) is 0.862. The minimum atomic E-state index is 0.862. The van der Waals surface area contributed by atoms with Gasteiger partial charge in [-0.3, -0.25) is 0 Å². The highest BCUT2D eigenvalue weighted by atomic mass is 32.1. The van der Waals surface area contributed by atoms with Crippen molar-refractivity contribution in [2.24, 2.45) is 0 Å². The zero-order valence-corrected chi connectivity index (χ0v) is 10.9. The number of aromatic nitrogens is 2. The minimum Gasteiger partial charge on any atom is -0.341 e. The summed E-state index contributed by atoms with van der Waals surface area (Å²) in [6.45, 7) is 2.16. The standard InChI is InChI=1S/C14H15N3S/c1-2-10-17(9-1)14-15-8-7-12(16-14)5-6-13-4-3-11-18-13/h3-8,11H,1-2,9-10H2. The van der Waals surface area contributed by atoms with Crippen LogP contribution in [-0.4, -0.2) is 23.1 Å². The van der Waals surface area contributed by atoms with Crippen molar-refractivity contribution in [3.63, 3.8) is 0 Å². The molecule has 0 spiro atoms. The van der Waals surface area contributed by atoms with Crippen LogP contribution in [0.3, 0.4) is 0 Å². The molecule has 0 saturated carbocycles. The van der Waals surface area contributed by atoms with Gasteiger partial charge in [0.15, 0.2) is 0 Å². The molecule has 18 heavy (non-hydrogen) atoms. The van der Waals surface area contributed by atoms with Gasteiger partial charge in [-0.1, -0.05) is 6.07 Å². The Bertz CT molecular complexity index is 528. The summed E-state index contributed by atoms with van der Waals surface area (Å²) in [5.41, 5.74) is 0.973. The van der Waals surface area contributed by atoms with Crippen molar-refractivity contribution in [2.75, 3.05) is 18.0 Å². The molecule has 0 unspecified atom stereocenters. The molecular formula is C14H15N3S. The Hall–Kier alpha value is -1.68. The number of hydrogen-bond acceptors (Lipinski definition) is 4. The molecule has 0 amide bonds. The quantitative estimate of drug-likeness (QED) is 0.844. The van der Waals surface area contributed by atoms with Crippen molar-refractivity contribution in [2.45, 2.75) is 12.8 Å². The van der Waals surface area contributed by atoms with Gasteiger partial charge in [0.25, 0.3) is 0 Å². The second-order valence-electron chi connectivity index (χ2n) is 4.32. The van der Waals surface area contributed by atoms with Crippen LogP contribution in [0.4, 0.5) is 5.95 Å². The molecule has 0 atom stereocenters. The van der Waals surface area contributed by atoms with E-state index in [9.17, 15) is 0 Å². The molecule has 4 heteroatoms. The molecule has 1 saturated heterocycles. The summed E-state index contributed by atoms with van der Waals surface area (Å²) < 4.78 is 0. The predicted octanol–water partition coefficient (Wildman–Crippen LogP) is 3.31. The first-order valence-electron chi connectivity index (χ1n) is 6.21. The maximum atomic E-state index is 4.59. The van der Waals surface area contributed by atoms with E-state index in [1.807, 2.05) is 18.3 Å². The van der Waals surface area contributed by atoms with Crippen LogP contribution in [0.5, 0.6) is 0 Å². The van der Waals surface area contributed by atoms with Crippen molar-refractivity contribution >= 4 is 29.4 Å². The zero-order valence-electron chi connectivity index (χ0n) is 10.1. The smallest absolute Gasteiger partial charge is 0.225 e. The van der Waals surface area contributed by atoms with E-state index < -0.39 is 0 Å². The van der Waals surface area contributed by atoms with Crippen molar-refractivity contribution in [1.29, 1.82) is 0 Å². The van der Waals surface area contributed by atoms with Gasteiger partial charge in [-0.15, -0.1) is 11.3 Å². The molecule has 0 N–H and O–H groups in total. The Kier molecular flexibility index (Phi) is 3.37. The lowest BCUT2D eigenvalue weighted by Gasteiger charge is -2.14. The molecule has 1 aliphatic heterocycles. The molecular weight excluding hydrogens is 242 g/mol. The van der Waals surface area contributed by atoms with Gasteiger partial charge >= 0.3 is 0 Å². The summed E-state index contributed by atoms with van der Waals surface area (Å²) in [6, 6.07) is 6.10. The number of hydrogen-bond donors (Lipinski definition) is 0. The Labute approximate surface area is 111 Å². The van der Waals surface area contributed by atoms with Crippen molar-refractivity contribution in [1.82, 2.24) is 9.97 Å². The van der Waals surface area contributed by atoms with Crippen LogP contribution in [0, 0.1) is 0 Å². The van der Waals surface area contributed by atoms with Gasteiger partial charge in [0.05, 0.1) is 5.69 Å². The van der Waals surface area contributed by atoms with Gasteiger partial charge in [-0.2, -0.15) is 0 Å². The minimum absolute atomic E-state index is 0.862. The molecule has 0 bridgehead atoms. The van der Waals surface area contributed by atoms with E-state index >= 15 is 0 Å². The van der Waals surface area contributed by atoms with Gasteiger partial charge in [-0.25, -0.2) is 9.97 Å². The average Bonchev–Trinajstić information content (AvgIpc) is 3.10. The van der Waals surface area contributed by atoms with Crippen molar-refractivity contribution in [3.05, 3.63) is 40.3 Å². The highest BCUT2D eigenvalue weighted by Gasteiger charge is 2.14. The number of thiophene rings is 1. The summed E-state index contributed by atoms with van der Waals surface area (Å²) >= 11 is 1.73. The van der Waals surface area contributed by atoms with E-state index in [2.05, 4.69) is 38.5 Å². The van der Waals surface area contributed by atoms with Crippen LogP contribution in [0.25, 0.3) is 12.2 Å². The van der Waals surface area contributed by atoms with Crippen molar-refractivity contribution < 1.29 is 0 Å². The van der Waals surface area contributed by atoms with Crippen LogP contribution in [-0.2, 0) is 0 Å². The third kappa shape index (κ3) is 2.59. The molecule has 2 aromatic heterocycles. The van der Waals surface area contributed by atoms with Crippen LogP contribution in [0.15, 0.2) is 29.8 Å². The van der Waals surface area contributed by atoms with Gasteiger partial charge in [-0.05, 0) is 42.5 Å². The largest absolute Gasteiger partial charge is 0.341 e. The fourth-order valence-electron chi connectivity index (χ4n) is 2.08. The molecule has 1 aliphatic rings. The normalized spacial score (nSPS) is 15.7. The molecule has 1 fully saturated rings. The van der Waals surface area contributed by atoms with Gasteiger partial charge in [0, 0.05) is 24.2 Å². The topological polar surface area (TPSA) is 29.0 Å². The number of rotatable bonds is 3. The van der Waals surface area contributed by atoms with Gasteiger partial charge < -0.3 is 4.90 Å². The fraction of sp³-hybridized carbons (Fsp3) is 0.286. The fourth-order valence-corrected chi connectivity index (χ4v) is 2.70. The first-order chi connectivity index (χ1) is 8.92. The highest BCUT2D eigenvalue weighted by molar-refractivity contribution is 7.10. The second-order valence-corrected chi connectivity index (χ2v) is 5.30. The maximum Gasteiger partial charge on any atom is 0.225 e. The third-order valence-electron chi connectivity index (χ3n) is 3.01. The molecule has 92 valence electrons. The highest BCUT2D eigenvalue weighted by Crippen LogP contribution is 2.17. The van der Waals surface area contributed by atoms with E-state index in [1.54, 1.807) is 11.3 Å². The summed E-state index contributed by atoms with van der Waals surface area (Å²) in [6.07, 6.45) is 8.49. The molecule has 3 heterocycles. The Morgan fingerprint density at radius 2 is 2.06 bits per heavy atom. The lowest BCUT2D eigenvalue weighted by molar-refractivity contribution is 0.896. The molecule has 0 aromatic carbocycles. The average molecular weight is 257 g/mol. The van der Waals surface area contributed by atoms with Crippen molar-refractivity contribution in [3.8, 4) is 0 Å². The Morgan fingerprint density at radius 3 is 2.83 bits per heavy atom. The first-order valence-corrected chi connectivity index (χ1v) is 7.09. The Balaban J connectivity index is 1.78. The van der Waals surface area contributed by atoms with E-state index in [4.69, 9.17) is 0 Å². The summed E-state index contributed by atoms with van der Waals surface area (Å²) in [7, 11) is 0. The monoisotopic (exact) mass is 257 g/mol. The van der Waals surface area contributed by atoms with Gasteiger partial charge in [0.1, 0.15) is 0 Å². The molecule has 3 rings (SSSR count). The Morgan fingerprint density at radius 1 is 1.17 bits per heavy atom. The zero-order chi connectivity index (χ0) is 12.2. The van der Waals surface area contributed by atoms with Crippen LogP contribution in [0.1, 0.15) is 23.4 Å². The van der Waals surface area contributed by atoms with Gasteiger partial charge in [0.2, 0.25) is 5.95 Å². The summed E-state index contributed by atoms with van der Waals surface area (Å²) in [5, 5.41) is 2.08. The third-order valence-corrected chi connectivity index (χ3v) is 3.85. The lowest BCUT2D eigenvalue weighted by Crippen LogP contribution is -2.20. The molecule has 0 radical (unpaired) electrons. The number of nitrogens with zero attached hydrogens (tertiary/aromatic N) is 3. The van der Waals surface area contributed by atoms with Crippen LogP contribution < -0.4 is 4.90 Å². The predicted molar refractivity (Wildman–Crippen MR) is 76.7 cm³/mol. The summed E-state index contributed by atoms with van der Waals surface area (Å²) in [4.78, 5) is 12.4. The maximum absolute atomic E-state index is 4.59. The van der Waals surface area contributed by atoms with E-state index in [0.29, 0.717) is 0 Å². The first kappa shape index (κ1) is 11.4. The molecule has 3 nitrogen and oxygen atoms in total. The number of anilines is 1. The van der Waals surface area contributed by atoms with Crippen LogP contribution in [0.2, 0.25) is 0 Å².